The van der Waals surface area contributed by atoms with E-state index in [0.717, 1.165) is 4.34 Å². The van der Waals surface area contributed by atoms with Crippen molar-refractivity contribution in [3.05, 3.63) is 34.0 Å². The summed E-state index contributed by atoms with van der Waals surface area (Å²) in [6, 6.07) is 2.97. The highest BCUT2D eigenvalue weighted by atomic mass is 79.9. The van der Waals surface area contributed by atoms with Crippen molar-refractivity contribution < 1.29 is 4.39 Å². The summed E-state index contributed by atoms with van der Waals surface area (Å²) >= 11 is 5.94. The van der Waals surface area contributed by atoms with E-state index in [0.29, 0.717) is 15.1 Å². The second-order valence-electron chi connectivity index (χ2n) is 2.70. The Bertz CT molecular complexity index is 473. The van der Waals surface area contributed by atoms with E-state index < -0.39 is 0 Å². The predicted molar refractivity (Wildman–Crippen MR) is 64.7 cm³/mol. The molecule has 0 radical (unpaired) electrons. The van der Waals surface area contributed by atoms with Gasteiger partial charge in [-0.05, 0) is 28.1 Å². The number of hydrogen-bond donors (Lipinski definition) is 1. The van der Waals surface area contributed by atoms with Crippen LogP contribution in [0.2, 0.25) is 0 Å². The number of benzene rings is 1. The van der Waals surface area contributed by atoms with E-state index in [4.69, 9.17) is 5.73 Å². The number of nitrogens with two attached hydrogens (primary N) is 1. The zero-order chi connectivity index (χ0) is 10.8. The van der Waals surface area contributed by atoms with E-state index >= 15 is 0 Å². The minimum atomic E-state index is -0.316. The van der Waals surface area contributed by atoms with Gasteiger partial charge in [0.1, 0.15) is 5.82 Å². The number of nitrogen functional groups attached to an aromatic ring is 1. The van der Waals surface area contributed by atoms with Crippen LogP contribution in [-0.4, -0.2) is 4.98 Å². The van der Waals surface area contributed by atoms with Crippen molar-refractivity contribution >= 4 is 44.7 Å². The van der Waals surface area contributed by atoms with E-state index in [1.54, 1.807) is 12.3 Å². The molecule has 1 aromatic carbocycles. The molecule has 0 unspecified atom stereocenters. The van der Waals surface area contributed by atoms with Crippen LogP contribution >= 0.6 is 39.0 Å². The third kappa shape index (κ3) is 2.50. The summed E-state index contributed by atoms with van der Waals surface area (Å²) in [6.45, 7) is 0. The minimum absolute atomic E-state index is 0.316. The summed E-state index contributed by atoms with van der Waals surface area (Å²) in [5.74, 6) is -0.316. The lowest BCUT2D eigenvalue weighted by Crippen LogP contribution is -1.90. The molecule has 0 amide bonds. The maximum atomic E-state index is 13.3. The minimum Gasteiger partial charge on any atom is -0.398 e. The van der Waals surface area contributed by atoms with Gasteiger partial charge in [-0.1, -0.05) is 11.8 Å². The van der Waals surface area contributed by atoms with Crippen LogP contribution in [0.15, 0.2) is 37.4 Å². The van der Waals surface area contributed by atoms with Crippen molar-refractivity contribution in [3.8, 4) is 0 Å². The molecule has 0 saturated heterocycles. The maximum Gasteiger partial charge on any atom is 0.154 e. The number of aromatic nitrogens is 1. The Morgan fingerprint density at radius 2 is 2.27 bits per heavy atom. The molecule has 6 heteroatoms. The first-order valence-electron chi connectivity index (χ1n) is 3.98. The lowest BCUT2D eigenvalue weighted by atomic mass is 10.3. The van der Waals surface area contributed by atoms with Crippen LogP contribution in [-0.2, 0) is 0 Å². The molecule has 0 saturated carbocycles. The van der Waals surface area contributed by atoms with Gasteiger partial charge in [0.25, 0.3) is 0 Å². The van der Waals surface area contributed by atoms with Gasteiger partial charge in [0, 0.05) is 22.2 Å². The van der Waals surface area contributed by atoms with Crippen LogP contribution in [0.5, 0.6) is 0 Å². The third-order valence-electron chi connectivity index (χ3n) is 1.66. The molecule has 0 aliphatic rings. The van der Waals surface area contributed by atoms with Crippen LogP contribution in [0, 0.1) is 5.82 Å². The summed E-state index contributed by atoms with van der Waals surface area (Å²) < 4.78 is 14.5. The average molecular weight is 305 g/mol. The summed E-state index contributed by atoms with van der Waals surface area (Å²) in [5, 5.41) is 1.87. The van der Waals surface area contributed by atoms with Gasteiger partial charge in [-0.3, -0.25) is 0 Å². The Morgan fingerprint density at radius 3 is 2.93 bits per heavy atom. The number of rotatable bonds is 2. The average Bonchev–Trinajstić information content (AvgIpc) is 2.67. The molecule has 0 aliphatic carbocycles. The van der Waals surface area contributed by atoms with Crippen molar-refractivity contribution in [2.75, 3.05) is 5.73 Å². The molecule has 0 fully saturated rings. The van der Waals surface area contributed by atoms with Crippen LogP contribution in [0.3, 0.4) is 0 Å². The fourth-order valence-corrected chi connectivity index (χ4v) is 2.98. The second-order valence-corrected chi connectivity index (χ2v) is 5.74. The molecule has 2 aromatic rings. The molecule has 1 heterocycles. The number of thiazole rings is 1. The Hall–Kier alpha value is -0.590. The van der Waals surface area contributed by atoms with Gasteiger partial charge in [0.05, 0.1) is 4.47 Å². The summed E-state index contributed by atoms with van der Waals surface area (Å²) in [7, 11) is 0. The largest absolute Gasteiger partial charge is 0.398 e. The zero-order valence-corrected chi connectivity index (χ0v) is 10.6. The number of nitrogens with zero attached hydrogens (tertiary/aromatic N) is 1. The van der Waals surface area contributed by atoms with Gasteiger partial charge in [-0.2, -0.15) is 0 Å². The van der Waals surface area contributed by atoms with E-state index in [-0.39, 0.29) is 5.82 Å². The summed E-state index contributed by atoms with van der Waals surface area (Å²) in [5.41, 5.74) is 6.31. The first-order chi connectivity index (χ1) is 7.16. The van der Waals surface area contributed by atoms with E-state index in [1.807, 2.05) is 5.38 Å². The van der Waals surface area contributed by atoms with Gasteiger partial charge in [-0.25, -0.2) is 9.37 Å². The van der Waals surface area contributed by atoms with Crippen LogP contribution in [0.25, 0.3) is 0 Å². The van der Waals surface area contributed by atoms with Crippen molar-refractivity contribution in [2.24, 2.45) is 0 Å². The lowest BCUT2D eigenvalue weighted by Gasteiger charge is -2.04. The van der Waals surface area contributed by atoms with Gasteiger partial charge < -0.3 is 5.73 Å². The number of anilines is 1. The lowest BCUT2D eigenvalue weighted by molar-refractivity contribution is 0.618. The van der Waals surface area contributed by atoms with Crippen LogP contribution in [0.4, 0.5) is 10.1 Å². The predicted octanol–water partition coefficient (Wildman–Crippen LogP) is 3.78. The van der Waals surface area contributed by atoms with Gasteiger partial charge >= 0.3 is 0 Å². The molecule has 0 spiro atoms. The highest BCUT2D eigenvalue weighted by molar-refractivity contribution is 9.10. The van der Waals surface area contributed by atoms with Crippen molar-refractivity contribution in [3.63, 3.8) is 0 Å². The molecule has 2 N–H and O–H groups in total. The Balaban J connectivity index is 2.33. The van der Waals surface area contributed by atoms with Gasteiger partial charge in [0.15, 0.2) is 4.34 Å². The highest BCUT2D eigenvalue weighted by Gasteiger charge is 2.08. The molecule has 0 bridgehead atoms. The number of hydrogen-bond acceptors (Lipinski definition) is 4. The first kappa shape index (κ1) is 10.9. The second kappa shape index (κ2) is 4.51. The molecular formula is C9H6BrFN2S2. The molecule has 2 rings (SSSR count). The van der Waals surface area contributed by atoms with Crippen molar-refractivity contribution in [2.45, 2.75) is 9.24 Å². The topological polar surface area (TPSA) is 38.9 Å². The molecule has 1 aromatic heterocycles. The highest BCUT2D eigenvalue weighted by Crippen LogP contribution is 2.35. The van der Waals surface area contributed by atoms with Crippen LogP contribution in [0.1, 0.15) is 0 Å². The first-order valence-corrected chi connectivity index (χ1v) is 6.47. The number of halogens is 2. The molecule has 0 atom stereocenters. The molecule has 15 heavy (non-hydrogen) atoms. The Morgan fingerprint density at radius 1 is 1.47 bits per heavy atom. The van der Waals surface area contributed by atoms with Gasteiger partial charge in [0.2, 0.25) is 0 Å². The molecule has 0 aliphatic heterocycles. The zero-order valence-electron chi connectivity index (χ0n) is 7.41. The van der Waals surface area contributed by atoms with Crippen molar-refractivity contribution in [1.82, 2.24) is 4.98 Å². The Kier molecular flexibility index (Phi) is 3.28. The standard InChI is InChI=1S/C9H6BrFN2S2/c10-5-3-7(12)8(4-6(5)11)15-9-13-1-2-14-9/h1-4H,12H2. The Labute approximate surface area is 103 Å². The smallest absolute Gasteiger partial charge is 0.154 e. The summed E-state index contributed by atoms with van der Waals surface area (Å²) in [6.07, 6.45) is 1.71. The third-order valence-corrected chi connectivity index (χ3v) is 4.22. The maximum absolute atomic E-state index is 13.3. The van der Waals surface area contributed by atoms with E-state index in [1.165, 1.54) is 29.2 Å². The molecule has 2 nitrogen and oxygen atoms in total. The van der Waals surface area contributed by atoms with Crippen LogP contribution < -0.4 is 5.73 Å². The monoisotopic (exact) mass is 304 g/mol. The molecule has 78 valence electrons. The molecular weight excluding hydrogens is 299 g/mol. The van der Waals surface area contributed by atoms with Crippen molar-refractivity contribution in [1.29, 1.82) is 0 Å². The quantitative estimate of drug-likeness (QED) is 0.858. The fraction of sp³-hybridized carbons (Fsp3) is 0. The SMILES string of the molecule is Nc1cc(Br)c(F)cc1Sc1nccs1. The van der Waals surface area contributed by atoms with E-state index in [2.05, 4.69) is 20.9 Å². The van der Waals surface area contributed by atoms with Gasteiger partial charge in [-0.15, -0.1) is 11.3 Å². The van der Waals surface area contributed by atoms with E-state index in [9.17, 15) is 4.39 Å². The fourth-order valence-electron chi connectivity index (χ4n) is 0.987. The normalized spacial score (nSPS) is 10.5. The summed E-state index contributed by atoms with van der Waals surface area (Å²) in [4.78, 5) is 4.78.